The summed E-state index contributed by atoms with van der Waals surface area (Å²) >= 11 is 0. The maximum Gasteiger partial charge on any atom is 0.243 e. The first-order chi connectivity index (χ1) is 11.4. The summed E-state index contributed by atoms with van der Waals surface area (Å²) in [6.45, 7) is 5.21. The van der Waals surface area contributed by atoms with Gasteiger partial charge in [0.1, 0.15) is 5.75 Å². The highest BCUT2D eigenvalue weighted by Crippen LogP contribution is 2.33. The molecule has 0 aliphatic carbocycles. The van der Waals surface area contributed by atoms with Crippen molar-refractivity contribution in [2.45, 2.75) is 50.3 Å². The molecule has 2 heterocycles. The molecule has 0 amide bonds. The van der Waals surface area contributed by atoms with Crippen molar-refractivity contribution in [1.82, 2.24) is 4.31 Å². The molecule has 0 spiro atoms. The minimum Gasteiger partial charge on any atom is -0.496 e. The number of ether oxygens (including phenoxy) is 3. The van der Waals surface area contributed by atoms with Crippen molar-refractivity contribution in [1.29, 1.82) is 0 Å². The summed E-state index contributed by atoms with van der Waals surface area (Å²) in [5, 5.41) is 0. The lowest BCUT2D eigenvalue weighted by molar-refractivity contribution is -0.0913. The Hall–Kier alpha value is -1.15. The molecule has 3 rings (SSSR count). The topological polar surface area (TPSA) is 65.1 Å². The van der Waals surface area contributed by atoms with E-state index in [-0.39, 0.29) is 6.04 Å². The van der Waals surface area contributed by atoms with Crippen LogP contribution in [0.4, 0.5) is 0 Å². The van der Waals surface area contributed by atoms with Crippen molar-refractivity contribution >= 4 is 10.0 Å². The van der Waals surface area contributed by atoms with E-state index in [1.807, 2.05) is 6.92 Å². The number of piperidine rings is 1. The zero-order valence-electron chi connectivity index (χ0n) is 14.4. The quantitative estimate of drug-likeness (QED) is 0.829. The van der Waals surface area contributed by atoms with Crippen LogP contribution in [-0.4, -0.2) is 51.9 Å². The molecule has 1 unspecified atom stereocenters. The number of sulfonamides is 1. The highest BCUT2D eigenvalue weighted by molar-refractivity contribution is 7.89. The van der Waals surface area contributed by atoms with E-state index < -0.39 is 16.3 Å². The van der Waals surface area contributed by atoms with Gasteiger partial charge in [0.25, 0.3) is 0 Å². The summed E-state index contributed by atoms with van der Waals surface area (Å²) in [4.78, 5) is 0.339. The molecule has 0 saturated carbocycles. The van der Waals surface area contributed by atoms with Crippen LogP contribution in [0.3, 0.4) is 0 Å². The SMILES string of the molecule is COc1cc(C)c(S(=O)(=O)N2CCCCC2C2OCCO2)cc1C. The van der Waals surface area contributed by atoms with Crippen molar-refractivity contribution in [3.8, 4) is 5.75 Å². The first-order valence-corrected chi connectivity index (χ1v) is 9.79. The minimum absolute atomic E-state index is 0.256. The van der Waals surface area contributed by atoms with Gasteiger partial charge in [-0.2, -0.15) is 4.31 Å². The smallest absolute Gasteiger partial charge is 0.243 e. The van der Waals surface area contributed by atoms with E-state index in [0.717, 1.165) is 24.8 Å². The highest BCUT2D eigenvalue weighted by Gasteiger charge is 2.41. The van der Waals surface area contributed by atoms with Crippen LogP contribution in [0.25, 0.3) is 0 Å². The second-order valence-electron chi connectivity index (χ2n) is 6.38. The second-order valence-corrected chi connectivity index (χ2v) is 8.24. The van der Waals surface area contributed by atoms with Crippen LogP contribution < -0.4 is 4.74 Å². The summed E-state index contributed by atoms with van der Waals surface area (Å²) in [5.41, 5.74) is 1.50. The molecule has 24 heavy (non-hydrogen) atoms. The van der Waals surface area contributed by atoms with Crippen LogP contribution in [0, 0.1) is 13.8 Å². The van der Waals surface area contributed by atoms with Gasteiger partial charge in [-0.05, 0) is 49.9 Å². The maximum absolute atomic E-state index is 13.3. The van der Waals surface area contributed by atoms with Crippen molar-refractivity contribution in [2.24, 2.45) is 0 Å². The van der Waals surface area contributed by atoms with E-state index in [4.69, 9.17) is 14.2 Å². The van der Waals surface area contributed by atoms with Gasteiger partial charge in [-0.25, -0.2) is 8.42 Å². The minimum atomic E-state index is -3.61. The Balaban J connectivity index is 1.97. The largest absolute Gasteiger partial charge is 0.496 e. The summed E-state index contributed by atoms with van der Waals surface area (Å²) in [6.07, 6.45) is 2.15. The van der Waals surface area contributed by atoms with Crippen LogP contribution in [0.1, 0.15) is 30.4 Å². The summed E-state index contributed by atoms with van der Waals surface area (Å²) in [7, 11) is -2.02. The van der Waals surface area contributed by atoms with Gasteiger partial charge in [-0.1, -0.05) is 6.42 Å². The highest BCUT2D eigenvalue weighted by atomic mass is 32.2. The number of nitrogens with zero attached hydrogens (tertiary/aromatic N) is 1. The lowest BCUT2D eigenvalue weighted by atomic mass is 10.0. The summed E-state index contributed by atoms with van der Waals surface area (Å²) < 4.78 is 44.7. The molecule has 1 aromatic carbocycles. The third-order valence-corrected chi connectivity index (χ3v) is 6.81. The number of benzene rings is 1. The van der Waals surface area contributed by atoms with Crippen molar-refractivity contribution in [2.75, 3.05) is 26.9 Å². The Morgan fingerprint density at radius 1 is 1.12 bits per heavy atom. The van der Waals surface area contributed by atoms with Crippen LogP contribution in [0.2, 0.25) is 0 Å². The maximum atomic E-state index is 13.3. The van der Waals surface area contributed by atoms with Gasteiger partial charge in [0.05, 0.1) is 31.3 Å². The second kappa shape index (κ2) is 7.00. The van der Waals surface area contributed by atoms with Crippen molar-refractivity contribution < 1.29 is 22.6 Å². The molecule has 2 aliphatic heterocycles. The van der Waals surface area contributed by atoms with Crippen LogP contribution in [-0.2, 0) is 19.5 Å². The number of rotatable bonds is 4. The normalized spacial score (nSPS) is 23.5. The van der Waals surface area contributed by atoms with E-state index >= 15 is 0 Å². The molecule has 2 saturated heterocycles. The molecule has 7 heteroatoms. The van der Waals surface area contributed by atoms with Crippen LogP contribution >= 0.6 is 0 Å². The summed E-state index contributed by atoms with van der Waals surface area (Å²) in [6, 6.07) is 3.22. The Morgan fingerprint density at radius 2 is 1.83 bits per heavy atom. The van der Waals surface area contributed by atoms with Crippen molar-refractivity contribution in [3.63, 3.8) is 0 Å². The Morgan fingerprint density at radius 3 is 2.50 bits per heavy atom. The lowest BCUT2D eigenvalue weighted by Crippen LogP contribution is -2.50. The molecule has 6 nitrogen and oxygen atoms in total. The van der Waals surface area contributed by atoms with Gasteiger partial charge in [0.15, 0.2) is 6.29 Å². The average Bonchev–Trinajstić information content (AvgIpc) is 3.11. The number of aryl methyl sites for hydroxylation is 2. The lowest BCUT2D eigenvalue weighted by Gasteiger charge is -2.37. The third kappa shape index (κ3) is 3.18. The standard InChI is InChI=1S/C17H25NO5S/c1-12-11-16(13(2)10-15(12)21-3)24(19,20)18-7-5-4-6-14(18)17-22-8-9-23-17/h10-11,14,17H,4-9H2,1-3H3. The molecule has 2 aliphatic rings. The van der Waals surface area contributed by atoms with E-state index in [2.05, 4.69) is 0 Å². The molecule has 2 fully saturated rings. The van der Waals surface area contributed by atoms with E-state index in [1.54, 1.807) is 30.5 Å². The Bertz CT molecular complexity index is 697. The zero-order valence-corrected chi connectivity index (χ0v) is 15.3. The predicted octanol–water partition coefficient (Wildman–Crippen LogP) is 2.23. The molecule has 0 radical (unpaired) electrons. The van der Waals surface area contributed by atoms with Gasteiger partial charge in [0, 0.05) is 6.54 Å². The number of hydrogen-bond donors (Lipinski definition) is 0. The Labute approximate surface area is 143 Å². The molecule has 134 valence electrons. The number of methoxy groups -OCH3 is 1. The molecule has 0 bridgehead atoms. The molecular formula is C17H25NO5S. The third-order valence-electron chi connectivity index (χ3n) is 4.74. The van der Waals surface area contributed by atoms with Crippen LogP contribution in [0.5, 0.6) is 5.75 Å². The fraction of sp³-hybridized carbons (Fsp3) is 0.647. The van der Waals surface area contributed by atoms with E-state index in [9.17, 15) is 8.42 Å². The van der Waals surface area contributed by atoms with Gasteiger partial charge in [0.2, 0.25) is 10.0 Å². The number of hydrogen-bond acceptors (Lipinski definition) is 5. The predicted molar refractivity (Wildman–Crippen MR) is 89.7 cm³/mol. The molecule has 0 aromatic heterocycles. The average molecular weight is 355 g/mol. The van der Waals surface area contributed by atoms with Crippen LogP contribution in [0.15, 0.2) is 17.0 Å². The molecule has 0 N–H and O–H groups in total. The summed E-state index contributed by atoms with van der Waals surface area (Å²) in [5.74, 6) is 0.698. The van der Waals surface area contributed by atoms with Gasteiger partial charge >= 0.3 is 0 Å². The fourth-order valence-electron chi connectivity index (χ4n) is 3.49. The van der Waals surface area contributed by atoms with Gasteiger partial charge in [-0.15, -0.1) is 0 Å². The zero-order chi connectivity index (χ0) is 17.3. The fourth-order valence-corrected chi connectivity index (χ4v) is 5.46. The van der Waals surface area contributed by atoms with Gasteiger partial charge < -0.3 is 14.2 Å². The molecule has 1 aromatic rings. The van der Waals surface area contributed by atoms with E-state index in [1.165, 1.54) is 0 Å². The van der Waals surface area contributed by atoms with Gasteiger partial charge in [-0.3, -0.25) is 0 Å². The monoisotopic (exact) mass is 355 g/mol. The van der Waals surface area contributed by atoms with Crippen molar-refractivity contribution in [3.05, 3.63) is 23.3 Å². The Kier molecular flexibility index (Phi) is 5.15. The molecular weight excluding hydrogens is 330 g/mol. The molecule has 1 atom stereocenters. The first kappa shape index (κ1) is 17.7. The first-order valence-electron chi connectivity index (χ1n) is 8.35. The van der Waals surface area contributed by atoms with E-state index in [0.29, 0.717) is 36.0 Å².